The predicted molar refractivity (Wildman–Crippen MR) is 134 cm³/mol. The number of carbonyl (C=O) groups is 3. The second-order valence-electron chi connectivity index (χ2n) is 7.78. The van der Waals surface area contributed by atoms with Gasteiger partial charge in [-0.2, -0.15) is 0 Å². The smallest absolute Gasteiger partial charge is 0.326 e. The van der Waals surface area contributed by atoms with Crippen LogP contribution in [0.25, 0.3) is 0 Å². The van der Waals surface area contributed by atoms with Crippen molar-refractivity contribution in [2.24, 2.45) is 0 Å². The maximum atomic E-state index is 12.5. The first-order chi connectivity index (χ1) is 16.8. The molecule has 35 heavy (non-hydrogen) atoms. The molecule has 0 saturated carbocycles. The van der Waals surface area contributed by atoms with Crippen LogP contribution >= 0.6 is 23.2 Å². The van der Waals surface area contributed by atoms with Crippen molar-refractivity contribution in [3.63, 3.8) is 0 Å². The molecular weight excluding hydrogens is 491 g/mol. The summed E-state index contributed by atoms with van der Waals surface area (Å²) < 4.78 is 0. The molecule has 0 saturated heterocycles. The van der Waals surface area contributed by atoms with Crippen LogP contribution in [0.1, 0.15) is 34.5 Å². The molecule has 1 aromatic carbocycles. The van der Waals surface area contributed by atoms with Gasteiger partial charge in [-0.05, 0) is 42.3 Å². The molecule has 2 heterocycles. The van der Waals surface area contributed by atoms with E-state index in [1.54, 1.807) is 30.6 Å². The average molecular weight is 515 g/mol. The molecule has 3 aromatic rings. The number of Topliss-reactive ketones (excluding diaryl/α,β-unsaturated/α-hetero) is 1. The summed E-state index contributed by atoms with van der Waals surface area (Å²) in [4.78, 5) is 45.0. The van der Waals surface area contributed by atoms with Crippen molar-refractivity contribution in [2.75, 3.05) is 11.9 Å². The molecule has 1 amide bonds. The highest BCUT2D eigenvalue weighted by Crippen LogP contribution is 2.24. The Morgan fingerprint density at radius 3 is 2.37 bits per heavy atom. The number of carbonyl (C=O) groups excluding carboxylic acids is 2. The van der Waals surface area contributed by atoms with Crippen LogP contribution in [0.5, 0.6) is 0 Å². The van der Waals surface area contributed by atoms with Gasteiger partial charge >= 0.3 is 5.97 Å². The fraction of sp³-hybridized carbons (Fsp3) is 0.240. The lowest BCUT2D eigenvalue weighted by Crippen LogP contribution is -2.42. The Balaban J connectivity index is 1.49. The first kappa shape index (κ1) is 26.1. The zero-order chi connectivity index (χ0) is 25.2. The molecule has 0 bridgehead atoms. The average Bonchev–Trinajstić information content (AvgIpc) is 2.83. The van der Waals surface area contributed by atoms with Crippen molar-refractivity contribution < 1.29 is 19.5 Å². The number of benzene rings is 1. The summed E-state index contributed by atoms with van der Waals surface area (Å²) in [5, 5.41) is 15.4. The molecule has 0 fully saturated rings. The first-order valence-electron chi connectivity index (χ1n) is 10.9. The van der Waals surface area contributed by atoms with E-state index in [-0.39, 0.29) is 34.2 Å². The lowest BCUT2D eigenvalue weighted by molar-refractivity contribution is -0.139. The van der Waals surface area contributed by atoms with Crippen LogP contribution in [-0.2, 0) is 22.4 Å². The Bertz CT molecular complexity index is 1150. The molecule has 0 aliphatic heterocycles. The molecule has 8 nitrogen and oxygen atoms in total. The van der Waals surface area contributed by atoms with Crippen LogP contribution in [0.2, 0.25) is 10.0 Å². The van der Waals surface area contributed by atoms with Crippen LogP contribution in [0.4, 0.5) is 5.82 Å². The number of amides is 1. The van der Waals surface area contributed by atoms with E-state index in [4.69, 9.17) is 23.2 Å². The Labute approximate surface area is 212 Å². The number of aliphatic carboxylic acids is 1. The minimum Gasteiger partial charge on any atom is -0.480 e. The van der Waals surface area contributed by atoms with Gasteiger partial charge in [-0.1, -0.05) is 41.4 Å². The van der Waals surface area contributed by atoms with Gasteiger partial charge in [0, 0.05) is 43.9 Å². The number of halogens is 2. The minimum absolute atomic E-state index is 0.0131. The molecule has 3 rings (SSSR count). The predicted octanol–water partition coefficient (Wildman–Crippen LogP) is 4.21. The van der Waals surface area contributed by atoms with E-state index in [1.165, 1.54) is 12.1 Å². The fourth-order valence-electron chi connectivity index (χ4n) is 3.32. The van der Waals surface area contributed by atoms with E-state index >= 15 is 0 Å². The maximum Gasteiger partial charge on any atom is 0.326 e. The number of ketones is 1. The van der Waals surface area contributed by atoms with E-state index in [2.05, 4.69) is 20.6 Å². The minimum atomic E-state index is -1.23. The third-order valence-electron chi connectivity index (χ3n) is 5.10. The summed E-state index contributed by atoms with van der Waals surface area (Å²) in [5.74, 6) is -1.06. The zero-order valence-electron chi connectivity index (χ0n) is 18.7. The molecule has 3 N–H and O–H groups in total. The van der Waals surface area contributed by atoms with E-state index in [0.29, 0.717) is 25.1 Å². The summed E-state index contributed by atoms with van der Waals surface area (Å²) in [5.41, 5.74) is 1.20. The van der Waals surface area contributed by atoms with E-state index in [0.717, 1.165) is 11.4 Å². The van der Waals surface area contributed by atoms with Crippen molar-refractivity contribution in [1.29, 1.82) is 0 Å². The van der Waals surface area contributed by atoms with Crippen molar-refractivity contribution in [1.82, 2.24) is 15.3 Å². The number of anilines is 1. The number of rotatable bonds is 12. The Kier molecular flexibility index (Phi) is 9.57. The summed E-state index contributed by atoms with van der Waals surface area (Å²) in [6.07, 6.45) is 4.53. The maximum absolute atomic E-state index is 12.5. The van der Waals surface area contributed by atoms with Gasteiger partial charge in [0.1, 0.15) is 17.6 Å². The molecule has 182 valence electrons. The summed E-state index contributed by atoms with van der Waals surface area (Å²) in [7, 11) is 0. The van der Waals surface area contributed by atoms with Crippen LogP contribution in [0.3, 0.4) is 0 Å². The van der Waals surface area contributed by atoms with Gasteiger partial charge in [0.2, 0.25) is 0 Å². The van der Waals surface area contributed by atoms with Gasteiger partial charge in [0.15, 0.2) is 0 Å². The molecular formula is C25H24Cl2N4O4. The van der Waals surface area contributed by atoms with Crippen LogP contribution < -0.4 is 10.6 Å². The molecule has 0 radical (unpaired) electrons. The highest BCUT2D eigenvalue weighted by atomic mass is 35.5. The lowest BCUT2D eigenvalue weighted by atomic mass is 10.1. The number of hydrogen-bond donors (Lipinski definition) is 3. The Morgan fingerprint density at radius 2 is 1.74 bits per heavy atom. The van der Waals surface area contributed by atoms with Crippen molar-refractivity contribution >= 4 is 46.7 Å². The number of carboxylic acid groups (broad SMARTS) is 1. The first-order valence-corrected chi connectivity index (χ1v) is 11.7. The van der Waals surface area contributed by atoms with Gasteiger partial charge in [-0.3, -0.25) is 14.6 Å². The standard InChI is InChI=1S/C25H24Cl2N4O4/c26-19-6-3-7-20(27)23(19)24(33)31-21(25(34)35)14-17-10-9-16(15-30-17)13-18(32)5-4-12-29-22-8-1-2-11-28-22/h1-3,6-11,15,21H,4-5,12-14H2,(H,28,29)(H,31,33)(H,34,35)/t21-/m0/s1. The topological polar surface area (TPSA) is 121 Å². The summed E-state index contributed by atoms with van der Waals surface area (Å²) in [6.45, 7) is 0.641. The lowest BCUT2D eigenvalue weighted by Gasteiger charge is -2.15. The Morgan fingerprint density at radius 1 is 0.971 bits per heavy atom. The molecule has 0 aliphatic carbocycles. The molecule has 1 atom stereocenters. The van der Waals surface area contributed by atoms with Gasteiger partial charge in [0.05, 0.1) is 15.6 Å². The van der Waals surface area contributed by atoms with Crippen LogP contribution in [-0.4, -0.2) is 45.3 Å². The van der Waals surface area contributed by atoms with Crippen LogP contribution in [0, 0.1) is 0 Å². The second-order valence-corrected chi connectivity index (χ2v) is 8.60. The number of carboxylic acids is 1. The molecule has 10 heteroatoms. The molecule has 0 spiro atoms. The molecule has 0 aliphatic rings. The normalized spacial score (nSPS) is 11.5. The van der Waals surface area contributed by atoms with Crippen molar-refractivity contribution in [3.8, 4) is 0 Å². The van der Waals surface area contributed by atoms with E-state index in [1.807, 2.05) is 18.2 Å². The number of hydrogen-bond acceptors (Lipinski definition) is 6. The highest BCUT2D eigenvalue weighted by Gasteiger charge is 2.24. The number of pyridine rings is 2. The molecule has 2 aromatic heterocycles. The number of aromatic nitrogens is 2. The van der Waals surface area contributed by atoms with Gasteiger partial charge in [-0.25, -0.2) is 9.78 Å². The second kappa shape index (κ2) is 12.8. The number of nitrogens with one attached hydrogen (secondary N) is 2. The van der Waals surface area contributed by atoms with Gasteiger partial charge < -0.3 is 15.7 Å². The fourth-order valence-corrected chi connectivity index (χ4v) is 3.89. The quantitative estimate of drug-likeness (QED) is 0.309. The largest absolute Gasteiger partial charge is 0.480 e. The van der Waals surface area contributed by atoms with Crippen molar-refractivity contribution in [2.45, 2.75) is 31.7 Å². The third-order valence-corrected chi connectivity index (χ3v) is 5.73. The monoisotopic (exact) mass is 514 g/mol. The zero-order valence-corrected chi connectivity index (χ0v) is 20.2. The molecule has 0 unspecified atom stereocenters. The Hall–Kier alpha value is -3.49. The van der Waals surface area contributed by atoms with Gasteiger partial charge in [0.25, 0.3) is 5.91 Å². The van der Waals surface area contributed by atoms with Crippen molar-refractivity contribution in [3.05, 3.63) is 87.8 Å². The summed E-state index contributed by atoms with van der Waals surface area (Å²) >= 11 is 12.1. The van der Waals surface area contributed by atoms with Crippen LogP contribution in [0.15, 0.2) is 60.9 Å². The summed E-state index contributed by atoms with van der Waals surface area (Å²) in [6, 6.07) is 12.3. The number of nitrogens with zero attached hydrogens (tertiary/aromatic N) is 2. The third kappa shape index (κ3) is 8.05. The van der Waals surface area contributed by atoms with Gasteiger partial charge in [-0.15, -0.1) is 0 Å². The van der Waals surface area contributed by atoms with E-state index in [9.17, 15) is 19.5 Å². The SMILES string of the molecule is O=C(CCCNc1ccccn1)Cc1ccc(C[C@H](NC(=O)c2c(Cl)cccc2Cl)C(=O)O)nc1. The van der Waals surface area contributed by atoms with E-state index < -0.39 is 17.9 Å². The highest BCUT2D eigenvalue weighted by molar-refractivity contribution is 6.39.